The molecule has 0 heterocycles. The van der Waals surface area contributed by atoms with E-state index in [2.05, 4.69) is 32.0 Å². The van der Waals surface area contributed by atoms with E-state index in [1.807, 2.05) is 60.7 Å². The van der Waals surface area contributed by atoms with E-state index in [9.17, 15) is 4.57 Å². The summed E-state index contributed by atoms with van der Waals surface area (Å²) in [5.41, 5.74) is 3.43. The molecule has 3 aromatic rings. The molecule has 0 bridgehead atoms. The molecular formula is C21H21OP. The predicted molar refractivity (Wildman–Crippen MR) is 99.4 cm³/mol. The highest BCUT2D eigenvalue weighted by molar-refractivity contribution is 7.78. The minimum absolute atomic E-state index is 0.558. The first-order valence-electron chi connectivity index (χ1n) is 7.86. The Morgan fingerprint density at radius 1 is 0.739 bits per heavy atom. The van der Waals surface area contributed by atoms with Gasteiger partial charge < -0.3 is 4.57 Å². The molecule has 0 aromatic heterocycles. The van der Waals surface area contributed by atoms with Crippen LogP contribution < -0.4 is 10.6 Å². The molecule has 0 fully saturated rings. The molecule has 0 aliphatic carbocycles. The molecule has 1 nitrogen and oxygen atoms in total. The highest BCUT2D eigenvalue weighted by Gasteiger charge is 2.29. The molecule has 116 valence electrons. The molecule has 3 rings (SSSR count). The van der Waals surface area contributed by atoms with E-state index < -0.39 is 7.14 Å². The second kappa shape index (κ2) is 6.56. The van der Waals surface area contributed by atoms with Crippen LogP contribution in [0, 0.1) is 13.8 Å². The Hall–Kier alpha value is -2.11. The molecule has 0 N–H and O–H groups in total. The Labute approximate surface area is 138 Å². The maximum atomic E-state index is 14.2. The standard InChI is InChI=1S/C21H21OP/c1-17-10-9-15-21(18(17)2)23(22,20-13-7-4-8-14-20)16-19-11-5-3-6-12-19/h3-15H,16H2,1-2H3. The first-order valence-corrected chi connectivity index (χ1v) is 9.76. The van der Waals surface area contributed by atoms with Gasteiger partial charge in [0.25, 0.3) is 0 Å². The van der Waals surface area contributed by atoms with Gasteiger partial charge in [-0.1, -0.05) is 78.9 Å². The highest BCUT2D eigenvalue weighted by Crippen LogP contribution is 2.47. The molecule has 1 unspecified atom stereocenters. The van der Waals surface area contributed by atoms with Crippen molar-refractivity contribution in [2.24, 2.45) is 0 Å². The molecule has 0 radical (unpaired) electrons. The van der Waals surface area contributed by atoms with Gasteiger partial charge in [0.1, 0.15) is 7.14 Å². The predicted octanol–water partition coefficient (Wildman–Crippen LogP) is 4.82. The van der Waals surface area contributed by atoms with Crippen LogP contribution in [0.4, 0.5) is 0 Å². The fraction of sp³-hybridized carbons (Fsp3) is 0.143. The van der Waals surface area contributed by atoms with Crippen molar-refractivity contribution in [3.05, 3.63) is 95.6 Å². The normalized spacial score (nSPS) is 13.5. The third kappa shape index (κ3) is 3.16. The maximum absolute atomic E-state index is 14.2. The highest BCUT2D eigenvalue weighted by atomic mass is 31.2. The van der Waals surface area contributed by atoms with Crippen LogP contribution in [0.15, 0.2) is 78.9 Å². The van der Waals surface area contributed by atoms with E-state index >= 15 is 0 Å². The zero-order chi connectivity index (χ0) is 16.3. The van der Waals surface area contributed by atoms with Crippen molar-refractivity contribution in [3.8, 4) is 0 Å². The van der Waals surface area contributed by atoms with E-state index in [1.165, 1.54) is 5.56 Å². The summed E-state index contributed by atoms with van der Waals surface area (Å²) >= 11 is 0. The minimum atomic E-state index is -2.71. The Balaban J connectivity index is 2.18. The summed E-state index contributed by atoms with van der Waals surface area (Å²) in [5, 5.41) is 1.91. The third-order valence-electron chi connectivity index (χ3n) is 4.39. The van der Waals surface area contributed by atoms with Gasteiger partial charge in [0.2, 0.25) is 0 Å². The molecule has 2 heteroatoms. The van der Waals surface area contributed by atoms with Crippen molar-refractivity contribution < 1.29 is 4.57 Å². The molecule has 0 saturated heterocycles. The average Bonchev–Trinajstić information content (AvgIpc) is 2.59. The zero-order valence-electron chi connectivity index (χ0n) is 13.6. The van der Waals surface area contributed by atoms with Crippen molar-refractivity contribution in [1.29, 1.82) is 0 Å². The quantitative estimate of drug-likeness (QED) is 0.630. The van der Waals surface area contributed by atoms with Gasteiger partial charge in [0.05, 0.1) is 0 Å². The van der Waals surface area contributed by atoms with Crippen LogP contribution in [0.1, 0.15) is 16.7 Å². The Morgan fingerprint density at radius 3 is 2.00 bits per heavy atom. The van der Waals surface area contributed by atoms with E-state index in [0.29, 0.717) is 6.16 Å². The summed E-state index contributed by atoms with van der Waals surface area (Å²) in [7, 11) is -2.71. The van der Waals surface area contributed by atoms with E-state index in [4.69, 9.17) is 0 Å². The number of hydrogen-bond donors (Lipinski definition) is 0. The second-order valence-corrected chi connectivity index (χ2v) is 8.73. The molecule has 0 saturated carbocycles. The lowest BCUT2D eigenvalue weighted by Crippen LogP contribution is -2.20. The van der Waals surface area contributed by atoms with Gasteiger partial charge in [0.15, 0.2) is 0 Å². The average molecular weight is 320 g/mol. The Kier molecular flexibility index (Phi) is 4.50. The summed E-state index contributed by atoms with van der Waals surface area (Å²) in [6, 6.07) is 26.1. The number of benzene rings is 3. The van der Waals surface area contributed by atoms with Crippen molar-refractivity contribution in [2.45, 2.75) is 20.0 Å². The van der Waals surface area contributed by atoms with Gasteiger partial charge in [-0.2, -0.15) is 0 Å². The van der Waals surface area contributed by atoms with Crippen LogP contribution in [-0.4, -0.2) is 0 Å². The first-order chi connectivity index (χ1) is 11.1. The second-order valence-electron chi connectivity index (χ2n) is 5.94. The van der Waals surface area contributed by atoms with Crippen LogP contribution in [0.2, 0.25) is 0 Å². The van der Waals surface area contributed by atoms with Crippen molar-refractivity contribution in [2.75, 3.05) is 0 Å². The van der Waals surface area contributed by atoms with Crippen molar-refractivity contribution in [1.82, 2.24) is 0 Å². The zero-order valence-corrected chi connectivity index (χ0v) is 14.5. The summed E-state index contributed by atoms with van der Waals surface area (Å²) in [6.07, 6.45) is 0.558. The third-order valence-corrected chi connectivity index (χ3v) is 7.59. The largest absolute Gasteiger partial charge is 0.313 e. The van der Waals surface area contributed by atoms with Crippen LogP contribution in [-0.2, 0) is 10.7 Å². The van der Waals surface area contributed by atoms with Gasteiger partial charge >= 0.3 is 0 Å². The van der Waals surface area contributed by atoms with Crippen molar-refractivity contribution in [3.63, 3.8) is 0 Å². The lowest BCUT2D eigenvalue weighted by Gasteiger charge is -2.22. The fourth-order valence-corrected chi connectivity index (χ4v) is 6.01. The minimum Gasteiger partial charge on any atom is -0.313 e. The van der Waals surface area contributed by atoms with Gasteiger partial charge in [0, 0.05) is 16.8 Å². The smallest absolute Gasteiger partial charge is 0.147 e. The molecule has 0 aliphatic heterocycles. The first kappa shape index (κ1) is 15.8. The number of rotatable bonds is 4. The van der Waals surface area contributed by atoms with Gasteiger partial charge in [-0.3, -0.25) is 0 Å². The number of aryl methyl sites for hydroxylation is 1. The molecule has 0 spiro atoms. The van der Waals surface area contributed by atoms with Crippen LogP contribution in [0.25, 0.3) is 0 Å². The van der Waals surface area contributed by atoms with Gasteiger partial charge in [-0.15, -0.1) is 0 Å². The molecule has 23 heavy (non-hydrogen) atoms. The van der Waals surface area contributed by atoms with E-state index in [0.717, 1.165) is 21.7 Å². The summed E-state index contributed by atoms with van der Waals surface area (Å²) in [5.74, 6) is 0. The maximum Gasteiger partial charge on any atom is 0.147 e. The monoisotopic (exact) mass is 320 g/mol. The SMILES string of the molecule is Cc1cccc(P(=O)(Cc2ccccc2)c2ccccc2)c1C. The molecule has 0 aliphatic rings. The Morgan fingerprint density at radius 2 is 1.35 bits per heavy atom. The Bertz CT molecular complexity index is 838. The van der Waals surface area contributed by atoms with Crippen LogP contribution >= 0.6 is 7.14 Å². The summed E-state index contributed by atoms with van der Waals surface area (Å²) in [6.45, 7) is 4.15. The topological polar surface area (TPSA) is 17.1 Å². The van der Waals surface area contributed by atoms with Crippen LogP contribution in [0.5, 0.6) is 0 Å². The molecule has 3 aromatic carbocycles. The molecular weight excluding hydrogens is 299 g/mol. The molecule has 0 amide bonds. The van der Waals surface area contributed by atoms with E-state index in [-0.39, 0.29) is 0 Å². The van der Waals surface area contributed by atoms with Crippen molar-refractivity contribution >= 4 is 17.8 Å². The van der Waals surface area contributed by atoms with Crippen LogP contribution in [0.3, 0.4) is 0 Å². The van der Waals surface area contributed by atoms with E-state index in [1.54, 1.807) is 0 Å². The number of hydrogen-bond acceptors (Lipinski definition) is 1. The van der Waals surface area contributed by atoms with Gasteiger partial charge in [-0.05, 0) is 30.5 Å². The fourth-order valence-electron chi connectivity index (χ4n) is 2.95. The van der Waals surface area contributed by atoms with Gasteiger partial charge in [-0.25, -0.2) is 0 Å². The lowest BCUT2D eigenvalue weighted by molar-refractivity contribution is 0.586. The molecule has 1 atom stereocenters. The summed E-state index contributed by atoms with van der Waals surface area (Å²) in [4.78, 5) is 0. The summed E-state index contributed by atoms with van der Waals surface area (Å²) < 4.78 is 14.2. The lowest BCUT2D eigenvalue weighted by atomic mass is 10.1.